The summed E-state index contributed by atoms with van der Waals surface area (Å²) in [5.41, 5.74) is 0.719. The second-order valence-electron chi connectivity index (χ2n) is 3.07. The van der Waals surface area contributed by atoms with Crippen LogP contribution in [0.5, 0.6) is 0 Å². The maximum absolute atomic E-state index is 11.6. The Balaban J connectivity index is 2.83. The van der Waals surface area contributed by atoms with Gasteiger partial charge >= 0.3 is 0 Å². The molecule has 0 spiro atoms. The molecule has 0 atom stereocenters. The monoisotopic (exact) mass is 256 g/mol. The minimum absolute atomic E-state index is 0.0124. The van der Waals surface area contributed by atoms with Gasteiger partial charge in [0, 0.05) is 6.54 Å². The second-order valence-corrected chi connectivity index (χ2v) is 3.87. The lowest BCUT2D eigenvalue weighted by Gasteiger charge is -2.05. The fourth-order valence-electron chi connectivity index (χ4n) is 1.11. The van der Waals surface area contributed by atoms with Crippen LogP contribution in [0.15, 0.2) is 28.2 Å². The van der Waals surface area contributed by atoms with E-state index in [0.29, 0.717) is 11.0 Å². The lowest BCUT2D eigenvalue weighted by atomic mass is 10.3. The summed E-state index contributed by atoms with van der Waals surface area (Å²) in [5, 5.41) is 0. The van der Waals surface area contributed by atoms with Crippen LogP contribution in [0.1, 0.15) is 18.5 Å². The number of rotatable bonds is 4. The number of hydrogen-bond donors (Lipinski definition) is 0. The molecular weight excluding hydrogens is 244 g/mol. The number of halogens is 1. The van der Waals surface area contributed by atoms with Crippen molar-refractivity contribution < 1.29 is 0 Å². The van der Waals surface area contributed by atoms with E-state index in [1.807, 2.05) is 6.08 Å². The summed E-state index contributed by atoms with van der Waals surface area (Å²) in [5.74, 6) is 0. The highest BCUT2D eigenvalue weighted by Gasteiger charge is 2.03. The van der Waals surface area contributed by atoms with Crippen molar-refractivity contribution in [1.82, 2.24) is 9.55 Å². The highest BCUT2D eigenvalue weighted by molar-refractivity contribution is 9.10. The Morgan fingerprint density at radius 1 is 1.71 bits per heavy atom. The standard InChI is InChI=1S/C10H13BrN2O/c1-3-4-5-6-13-7-12-8(2)9(11)10(13)14/h3,7H,1,4-6H2,2H3. The van der Waals surface area contributed by atoms with Crippen molar-refractivity contribution in [3.05, 3.63) is 39.5 Å². The molecule has 0 fully saturated rings. The predicted octanol–water partition coefficient (Wildman–Crippen LogP) is 2.28. The molecular formula is C10H13BrN2O. The van der Waals surface area contributed by atoms with Crippen molar-refractivity contribution >= 4 is 15.9 Å². The number of aromatic nitrogens is 2. The van der Waals surface area contributed by atoms with Gasteiger partial charge in [-0.15, -0.1) is 6.58 Å². The molecule has 1 aromatic rings. The molecule has 0 amide bonds. The number of nitrogens with zero attached hydrogens (tertiary/aromatic N) is 2. The van der Waals surface area contributed by atoms with Gasteiger partial charge in [-0.1, -0.05) is 6.08 Å². The Morgan fingerprint density at radius 3 is 3.07 bits per heavy atom. The van der Waals surface area contributed by atoms with Crippen LogP contribution in [0.4, 0.5) is 0 Å². The van der Waals surface area contributed by atoms with Gasteiger partial charge in [-0.25, -0.2) is 4.98 Å². The minimum atomic E-state index is -0.0124. The Hall–Kier alpha value is -0.900. The smallest absolute Gasteiger partial charge is 0.267 e. The molecule has 0 aromatic carbocycles. The average molecular weight is 257 g/mol. The van der Waals surface area contributed by atoms with E-state index >= 15 is 0 Å². The lowest BCUT2D eigenvalue weighted by molar-refractivity contribution is 0.612. The van der Waals surface area contributed by atoms with E-state index in [0.717, 1.165) is 18.5 Å². The van der Waals surface area contributed by atoms with Gasteiger partial charge in [0.25, 0.3) is 5.56 Å². The zero-order chi connectivity index (χ0) is 10.6. The first kappa shape index (κ1) is 11.2. The molecule has 0 bridgehead atoms. The largest absolute Gasteiger partial charge is 0.298 e. The van der Waals surface area contributed by atoms with Crippen LogP contribution >= 0.6 is 15.9 Å². The van der Waals surface area contributed by atoms with E-state index in [2.05, 4.69) is 27.5 Å². The SMILES string of the molecule is C=CCCCn1cnc(C)c(Br)c1=O. The average Bonchev–Trinajstić information content (AvgIpc) is 2.18. The van der Waals surface area contributed by atoms with E-state index in [1.165, 1.54) is 0 Å². The first-order valence-corrected chi connectivity index (χ1v) is 5.28. The summed E-state index contributed by atoms with van der Waals surface area (Å²) >= 11 is 3.22. The molecule has 1 heterocycles. The van der Waals surface area contributed by atoms with Crippen molar-refractivity contribution in [2.75, 3.05) is 0 Å². The van der Waals surface area contributed by atoms with Gasteiger partial charge < -0.3 is 0 Å². The molecule has 3 nitrogen and oxygen atoms in total. The highest BCUT2D eigenvalue weighted by atomic mass is 79.9. The molecule has 0 aliphatic carbocycles. The molecule has 76 valence electrons. The van der Waals surface area contributed by atoms with Crippen molar-refractivity contribution in [3.8, 4) is 0 Å². The summed E-state index contributed by atoms with van der Waals surface area (Å²) in [6.07, 6.45) is 5.27. The molecule has 0 saturated heterocycles. The Labute approximate surface area is 91.6 Å². The zero-order valence-corrected chi connectivity index (χ0v) is 9.75. The Kier molecular flexibility index (Phi) is 4.07. The summed E-state index contributed by atoms with van der Waals surface area (Å²) in [7, 11) is 0. The van der Waals surface area contributed by atoms with Gasteiger partial charge in [0.15, 0.2) is 0 Å². The maximum atomic E-state index is 11.6. The predicted molar refractivity (Wildman–Crippen MR) is 60.4 cm³/mol. The van der Waals surface area contributed by atoms with Gasteiger partial charge in [0.05, 0.1) is 12.0 Å². The van der Waals surface area contributed by atoms with Gasteiger partial charge in [0.2, 0.25) is 0 Å². The Bertz CT molecular complexity index is 384. The first-order chi connectivity index (χ1) is 6.66. The fourth-order valence-corrected chi connectivity index (χ4v) is 1.44. The van der Waals surface area contributed by atoms with Gasteiger partial charge in [-0.3, -0.25) is 9.36 Å². The van der Waals surface area contributed by atoms with E-state index < -0.39 is 0 Å². The van der Waals surface area contributed by atoms with E-state index in [4.69, 9.17) is 0 Å². The van der Waals surface area contributed by atoms with Crippen molar-refractivity contribution in [2.24, 2.45) is 0 Å². The summed E-state index contributed by atoms with van der Waals surface area (Å²) in [6, 6.07) is 0. The van der Waals surface area contributed by atoms with Crippen LogP contribution in [-0.4, -0.2) is 9.55 Å². The molecule has 14 heavy (non-hydrogen) atoms. The van der Waals surface area contributed by atoms with Crippen LogP contribution in [0.3, 0.4) is 0 Å². The summed E-state index contributed by atoms with van der Waals surface area (Å²) in [4.78, 5) is 15.7. The molecule has 0 radical (unpaired) electrons. The van der Waals surface area contributed by atoms with E-state index in [9.17, 15) is 4.79 Å². The highest BCUT2D eigenvalue weighted by Crippen LogP contribution is 2.06. The van der Waals surface area contributed by atoms with Crippen LogP contribution in [0.2, 0.25) is 0 Å². The summed E-state index contributed by atoms with van der Waals surface area (Å²) in [6.45, 7) is 6.13. The third-order valence-electron chi connectivity index (χ3n) is 1.96. The van der Waals surface area contributed by atoms with Gasteiger partial charge in [-0.2, -0.15) is 0 Å². The third kappa shape index (κ3) is 2.54. The van der Waals surface area contributed by atoms with Crippen molar-refractivity contribution in [2.45, 2.75) is 26.3 Å². The lowest BCUT2D eigenvalue weighted by Crippen LogP contribution is -2.22. The Morgan fingerprint density at radius 2 is 2.43 bits per heavy atom. The molecule has 0 aliphatic heterocycles. The van der Waals surface area contributed by atoms with Crippen LogP contribution in [-0.2, 0) is 6.54 Å². The van der Waals surface area contributed by atoms with E-state index in [1.54, 1.807) is 17.8 Å². The quantitative estimate of drug-likeness (QED) is 0.612. The molecule has 0 N–H and O–H groups in total. The molecule has 0 saturated carbocycles. The van der Waals surface area contributed by atoms with E-state index in [-0.39, 0.29) is 5.56 Å². The van der Waals surface area contributed by atoms with Crippen LogP contribution < -0.4 is 5.56 Å². The minimum Gasteiger partial charge on any atom is -0.298 e. The number of hydrogen-bond acceptors (Lipinski definition) is 2. The fraction of sp³-hybridized carbons (Fsp3) is 0.400. The third-order valence-corrected chi connectivity index (χ3v) is 2.88. The van der Waals surface area contributed by atoms with Crippen molar-refractivity contribution in [1.29, 1.82) is 0 Å². The molecule has 1 rings (SSSR count). The van der Waals surface area contributed by atoms with Gasteiger partial charge in [0.1, 0.15) is 4.47 Å². The molecule has 1 aromatic heterocycles. The second kappa shape index (κ2) is 5.10. The topological polar surface area (TPSA) is 34.9 Å². The number of allylic oxidation sites excluding steroid dienone is 1. The normalized spacial score (nSPS) is 10.1. The summed E-state index contributed by atoms with van der Waals surface area (Å²) < 4.78 is 2.17. The number of aryl methyl sites for hydroxylation is 2. The van der Waals surface area contributed by atoms with Crippen molar-refractivity contribution in [3.63, 3.8) is 0 Å². The molecule has 0 aliphatic rings. The zero-order valence-electron chi connectivity index (χ0n) is 8.16. The van der Waals surface area contributed by atoms with Gasteiger partial charge in [-0.05, 0) is 35.7 Å². The first-order valence-electron chi connectivity index (χ1n) is 4.49. The maximum Gasteiger partial charge on any atom is 0.267 e. The van der Waals surface area contributed by atoms with Crippen LogP contribution in [0, 0.1) is 6.92 Å². The van der Waals surface area contributed by atoms with Crippen LogP contribution in [0.25, 0.3) is 0 Å². The molecule has 4 heteroatoms. The number of unbranched alkanes of at least 4 members (excludes halogenated alkanes) is 1. The molecule has 0 unspecified atom stereocenters.